The van der Waals surface area contributed by atoms with Crippen LogP contribution in [0.25, 0.3) is 0 Å². The number of amides is 1. The van der Waals surface area contributed by atoms with Crippen LogP contribution in [0.3, 0.4) is 0 Å². The van der Waals surface area contributed by atoms with Crippen LogP contribution in [0.5, 0.6) is 0 Å². The highest BCUT2D eigenvalue weighted by atomic mass is 35.5. The van der Waals surface area contributed by atoms with E-state index in [1.807, 2.05) is 30.3 Å². The van der Waals surface area contributed by atoms with Gasteiger partial charge < -0.3 is 0 Å². The number of anilines is 1. The molecule has 6 heteroatoms. The third-order valence-electron chi connectivity index (χ3n) is 3.18. The van der Waals surface area contributed by atoms with Crippen LogP contribution in [0, 0.1) is 6.92 Å². The van der Waals surface area contributed by atoms with Gasteiger partial charge in [-0.05, 0) is 19.9 Å². The Bertz CT molecular complexity index is 779. The minimum absolute atomic E-state index is 0.231. The van der Waals surface area contributed by atoms with Crippen LogP contribution in [0.2, 0.25) is 5.15 Å². The lowest BCUT2D eigenvalue weighted by atomic mass is 10.2. The number of carbonyl (C=O) groups is 1. The molecule has 0 unspecified atom stereocenters. The number of aliphatic imine (C=N–C) groups is 1. The fourth-order valence-electron chi connectivity index (χ4n) is 2.19. The molecule has 5 nitrogen and oxygen atoms in total. The minimum atomic E-state index is -0.261. The molecule has 0 spiro atoms. The van der Waals surface area contributed by atoms with Crippen molar-refractivity contribution in [3.05, 3.63) is 64.6 Å². The summed E-state index contributed by atoms with van der Waals surface area (Å²) in [5.74, 6) is 0.470. The fraction of sp³-hybridized carbons (Fsp3) is 0.125. The molecule has 0 saturated carbocycles. The third kappa shape index (κ3) is 2.51. The smallest absolute Gasteiger partial charge is 0.266 e. The number of amidine groups is 1. The monoisotopic (exact) mass is 312 g/mol. The van der Waals surface area contributed by atoms with Crippen molar-refractivity contribution in [1.29, 1.82) is 0 Å². The second-order valence-corrected chi connectivity index (χ2v) is 5.14. The van der Waals surface area contributed by atoms with E-state index in [0.717, 1.165) is 5.56 Å². The molecular weight excluding hydrogens is 300 g/mol. The summed E-state index contributed by atoms with van der Waals surface area (Å²) >= 11 is 6.00. The molecule has 1 aliphatic rings. The third-order valence-corrected chi connectivity index (χ3v) is 3.37. The van der Waals surface area contributed by atoms with E-state index in [0.29, 0.717) is 17.2 Å². The van der Waals surface area contributed by atoms with Crippen LogP contribution in [-0.4, -0.2) is 21.7 Å². The molecule has 2 aromatic rings. The molecule has 0 saturated heterocycles. The number of halogens is 1. The Hall–Kier alpha value is -2.53. The summed E-state index contributed by atoms with van der Waals surface area (Å²) < 4.78 is 0. The fourth-order valence-corrected chi connectivity index (χ4v) is 2.43. The summed E-state index contributed by atoms with van der Waals surface area (Å²) in [5, 5.41) is 0.289. The molecule has 1 amide bonds. The molecule has 110 valence electrons. The number of aromatic nitrogens is 2. The molecule has 0 radical (unpaired) electrons. The van der Waals surface area contributed by atoms with Gasteiger partial charge in [0.2, 0.25) is 5.95 Å². The topological polar surface area (TPSA) is 58.5 Å². The number of aryl methyl sites for hydroxylation is 1. The van der Waals surface area contributed by atoms with Crippen molar-refractivity contribution in [1.82, 2.24) is 9.97 Å². The van der Waals surface area contributed by atoms with Crippen LogP contribution >= 0.6 is 11.6 Å². The van der Waals surface area contributed by atoms with Gasteiger partial charge in [0, 0.05) is 11.3 Å². The molecule has 22 heavy (non-hydrogen) atoms. The molecule has 0 bridgehead atoms. The molecule has 3 rings (SSSR count). The second-order valence-electron chi connectivity index (χ2n) is 4.75. The first kappa shape index (κ1) is 14.4. The van der Waals surface area contributed by atoms with Crippen LogP contribution in [0.1, 0.15) is 18.2 Å². The maximum absolute atomic E-state index is 12.6. The van der Waals surface area contributed by atoms with Gasteiger partial charge in [-0.2, -0.15) is 0 Å². The van der Waals surface area contributed by atoms with E-state index in [-0.39, 0.29) is 17.0 Å². The first-order chi connectivity index (χ1) is 10.6. The van der Waals surface area contributed by atoms with Gasteiger partial charge in [0.1, 0.15) is 10.9 Å². The number of hydrogen-bond acceptors (Lipinski definition) is 4. The molecule has 1 aromatic heterocycles. The van der Waals surface area contributed by atoms with Crippen LogP contribution in [0.4, 0.5) is 5.95 Å². The lowest BCUT2D eigenvalue weighted by Crippen LogP contribution is -2.34. The number of hydrogen-bond donors (Lipinski definition) is 0. The lowest BCUT2D eigenvalue weighted by molar-refractivity contribution is -0.113. The Morgan fingerprint density at radius 2 is 1.91 bits per heavy atom. The van der Waals surface area contributed by atoms with Gasteiger partial charge in [0.15, 0.2) is 5.84 Å². The normalized spacial score (nSPS) is 16.3. The first-order valence-corrected chi connectivity index (χ1v) is 7.14. The zero-order chi connectivity index (χ0) is 15.7. The second kappa shape index (κ2) is 5.69. The molecule has 0 atom stereocenters. The lowest BCUT2D eigenvalue weighted by Gasteiger charge is -2.16. The highest BCUT2D eigenvalue weighted by molar-refractivity contribution is 6.32. The zero-order valence-electron chi connectivity index (χ0n) is 12.1. The van der Waals surface area contributed by atoms with E-state index in [4.69, 9.17) is 11.6 Å². The van der Waals surface area contributed by atoms with Crippen molar-refractivity contribution in [3.8, 4) is 0 Å². The predicted octanol–water partition coefficient (Wildman–Crippen LogP) is 3.14. The van der Waals surface area contributed by atoms with Crippen LogP contribution in [0.15, 0.2) is 53.2 Å². The van der Waals surface area contributed by atoms with Crippen LogP contribution < -0.4 is 4.90 Å². The van der Waals surface area contributed by atoms with Gasteiger partial charge in [0.25, 0.3) is 5.91 Å². The summed E-state index contributed by atoms with van der Waals surface area (Å²) in [4.78, 5) is 26.8. The van der Waals surface area contributed by atoms with Gasteiger partial charge in [-0.1, -0.05) is 48.0 Å². The number of allylic oxidation sites excluding steroid dienone is 1. The van der Waals surface area contributed by atoms with E-state index in [1.54, 1.807) is 26.0 Å². The summed E-state index contributed by atoms with van der Waals surface area (Å²) in [7, 11) is 0. The number of rotatable bonds is 2. The van der Waals surface area contributed by atoms with Crippen molar-refractivity contribution in [3.63, 3.8) is 0 Å². The maximum Gasteiger partial charge on any atom is 0.284 e. The van der Waals surface area contributed by atoms with Crippen molar-refractivity contribution in [2.45, 2.75) is 13.8 Å². The van der Waals surface area contributed by atoms with E-state index in [2.05, 4.69) is 15.0 Å². The standard InChI is InChI=1S/C16H13ClN4O/c1-3-12-15(22)21(16-18-10(2)9-13(17)20-16)14(19-12)11-7-5-4-6-8-11/h3-9H,1-2H3/b12-3+. The summed E-state index contributed by atoms with van der Waals surface area (Å²) in [6.07, 6.45) is 1.67. The molecule has 0 aliphatic carbocycles. The first-order valence-electron chi connectivity index (χ1n) is 6.76. The number of nitrogens with zero attached hydrogens (tertiary/aromatic N) is 4. The summed E-state index contributed by atoms with van der Waals surface area (Å²) in [6, 6.07) is 11.1. The van der Waals surface area contributed by atoms with Gasteiger partial charge in [-0.3, -0.25) is 4.79 Å². The molecule has 0 fully saturated rings. The Balaban J connectivity index is 2.15. The van der Waals surface area contributed by atoms with Crippen molar-refractivity contribution >= 4 is 29.3 Å². The van der Waals surface area contributed by atoms with Gasteiger partial charge in [-0.25, -0.2) is 19.9 Å². The highest BCUT2D eigenvalue weighted by Crippen LogP contribution is 2.25. The van der Waals surface area contributed by atoms with Gasteiger partial charge in [0.05, 0.1) is 0 Å². The quantitative estimate of drug-likeness (QED) is 0.632. The van der Waals surface area contributed by atoms with Crippen molar-refractivity contribution in [2.24, 2.45) is 4.99 Å². The molecular formula is C16H13ClN4O. The van der Waals surface area contributed by atoms with Crippen molar-refractivity contribution < 1.29 is 4.79 Å². The highest BCUT2D eigenvalue weighted by Gasteiger charge is 2.34. The molecule has 1 aliphatic heterocycles. The Kier molecular flexibility index (Phi) is 3.73. The zero-order valence-corrected chi connectivity index (χ0v) is 12.9. The number of benzene rings is 1. The average Bonchev–Trinajstić information content (AvgIpc) is 2.84. The molecule has 0 N–H and O–H groups in total. The average molecular weight is 313 g/mol. The summed E-state index contributed by atoms with van der Waals surface area (Å²) in [6.45, 7) is 3.57. The van der Waals surface area contributed by atoms with E-state index in [9.17, 15) is 4.79 Å². The van der Waals surface area contributed by atoms with E-state index < -0.39 is 0 Å². The Labute approximate surface area is 133 Å². The van der Waals surface area contributed by atoms with E-state index in [1.165, 1.54) is 4.90 Å². The van der Waals surface area contributed by atoms with Crippen LogP contribution in [-0.2, 0) is 4.79 Å². The maximum atomic E-state index is 12.6. The Morgan fingerprint density at radius 1 is 1.18 bits per heavy atom. The summed E-state index contributed by atoms with van der Waals surface area (Å²) in [5.41, 5.74) is 1.86. The largest absolute Gasteiger partial charge is 0.284 e. The number of carbonyl (C=O) groups excluding carboxylic acids is 1. The van der Waals surface area contributed by atoms with Gasteiger partial charge >= 0.3 is 0 Å². The minimum Gasteiger partial charge on any atom is -0.266 e. The van der Waals surface area contributed by atoms with Gasteiger partial charge in [-0.15, -0.1) is 0 Å². The van der Waals surface area contributed by atoms with Crippen molar-refractivity contribution in [2.75, 3.05) is 4.90 Å². The Morgan fingerprint density at radius 3 is 2.55 bits per heavy atom. The van der Waals surface area contributed by atoms with E-state index >= 15 is 0 Å². The molecule has 1 aromatic carbocycles. The predicted molar refractivity (Wildman–Crippen MR) is 86.0 cm³/mol. The molecule has 2 heterocycles. The SMILES string of the molecule is C/C=C1/N=C(c2ccccc2)N(c2nc(C)cc(Cl)n2)C1=O.